The third kappa shape index (κ3) is 4.69. The number of hydrogen-bond donors (Lipinski definition) is 0. The molecule has 0 bridgehead atoms. The highest BCUT2D eigenvalue weighted by molar-refractivity contribution is 6.30. The first kappa shape index (κ1) is 23.2. The summed E-state index contributed by atoms with van der Waals surface area (Å²) < 4.78 is 1.75. The van der Waals surface area contributed by atoms with Crippen LogP contribution in [0, 0.1) is 20.8 Å². The number of anilines is 1. The van der Waals surface area contributed by atoms with Crippen molar-refractivity contribution in [3.05, 3.63) is 100 Å². The minimum Gasteiger partial charge on any atom is -0.368 e. The van der Waals surface area contributed by atoms with E-state index in [2.05, 4.69) is 68.1 Å². The van der Waals surface area contributed by atoms with Crippen molar-refractivity contribution in [2.45, 2.75) is 20.8 Å². The van der Waals surface area contributed by atoms with Crippen LogP contribution in [0.1, 0.15) is 27.2 Å². The molecule has 0 radical (unpaired) electrons. The van der Waals surface area contributed by atoms with Crippen molar-refractivity contribution >= 4 is 23.2 Å². The van der Waals surface area contributed by atoms with E-state index in [-0.39, 0.29) is 5.91 Å². The van der Waals surface area contributed by atoms with Crippen LogP contribution in [-0.2, 0) is 0 Å². The van der Waals surface area contributed by atoms with Gasteiger partial charge in [0.1, 0.15) is 5.69 Å². The van der Waals surface area contributed by atoms with Gasteiger partial charge >= 0.3 is 0 Å². The Kier molecular flexibility index (Phi) is 6.35. The van der Waals surface area contributed by atoms with Crippen LogP contribution in [0.25, 0.3) is 16.9 Å². The molecule has 4 aromatic rings. The van der Waals surface area contributed by atoms with E-state index in [9.17, 15) is 4.79 Å². The maximum absolute atomic E-state index is 13.8. The smallest absolute Gasteiger partial charge is 0.272 e. The molecule has 0 aliphatic carbocycles. The first-order valence-corrected chi connectivity index (χ1v) is 12.3. The summed E-state index contributed by atoms with van der Waals surface area (Å²) in [5, 5.41) is 5.51. The number of amides is 1. The molecule has 178 valence electrons. The number of carbonyl (C=O) groups is 1. The summed E-state index contributed by atoms with van der Waals surface area (Å²) in [4.78, 5) is 18.0. The van der Waals surface area contributed by atoms with E-state index < -0.39 is 0 Å². The summed E-state index contributed by atoms with van der Waals surface area (Å²) in [6.45, 7) is 9.25. The second kappa shape index (κ2) is 9.59. The maximum Gasteiger partial charge on any atom is 0.272 e. The van der Waals surface area contributed by atoms with Gasteiger partial charge in [-0.3, -0.25) is 4.79 Å². The Hall–Kier alpha value is -3.57. The molecule has 0 spiro atoms. The monoisotopic (exact) mass is 484 g/mol. The number of para-hydroxylation sites is 1. The second-order valence-electron chi connectivity index (χ2n) is 9.17. The molecule has 1 saturated heterocycles. The van der Waals surface area contributed by atoms with Crippen molar-refractivity contribution in [1.82, 2.24) is 14.7 Å². The number of piperazine rings is 1. The first-order chi connectivity index (χ1) is 16.9. The lowest BCUT2D eigenvalue weighted by Gasteiger charge is -2.36. The number of hydrogen-bond acceptors (Lipinski definition) is 3. The van der Waals surface area contributed by atoms with E-state index >= 15 is 0 Å². The van der Waals surface area contributed by atoms with E-state index in [0.717, 1.165) is 30.0 Å². The summed E-state index contributed by atoms with van der Waals surface area (Å²) in [7, 11) is 0. The molecule has 0 saturated carbocycles. The Morgan fingerprint density at radius 1 is 0.800 bits per heavy atom. The van der Waals surface area contributed by atoms with Crippen molar-refractivity contribution in [1.29, 1.82) is 0 Å². The Balaban J connectivity index is 1.45. The molecular weight excluding hydrogens is 456 g/mol. The van der Waals surface area contributed by atoms with Gasteiger partial charge in [0, 0.05) is 42.5 Å². The largest absolute Gasteiger partial charge is 0.368 e. The van der Waals surface area contributed by atoms with E-state index in [1.165, 1.54) is 22.4 Å². The van der Waals surface area contributed by atoms with Gasteiger partial charge in [0.15, 0.2) is 0 Å². The molecule has 1 aliphatic rings. The molecule has 35 heavy (non-hydrogen) atoms. The summed E-state index contributed by atoms with van der Waals surface area (Å²) >= 11 is 6.12. The highest BCUT2D eigenvalue weighted by Crippen LogP contribution is 2.26. The highest BCUT2D eigenvalue weighted by atomic mass is 35.5. The second-order valence-corrected chi connectivity index (χ2v) is 9.60. The molecule has 1 aliphatic heterocycles. The quantitative estimate of drug-likeness (QED) is 0.352. The number of benzene rings is 3. The Morgan fingerprint density at radius 3 is 2.20 bits per heavy atom. The van der Waals surface area contributed by atoms with Crippen LogP contribution < -0.4 is 4.90 Å². The van der Waals surface area contributed by atoms with E-state index in [1.807, 2.05) is 35.2 Å². The zero-order valence-electron chi connectivity index (χ0n) is 20.3. The topological polar surface area (TPSA) is 41.4 Å². The first-order valence-electron chi connectivity index (χ1n) is 11.9. The van der Waals surface area contributed by atoms with Crippen molar-refractivity contribution in [3.8, 4) is 16.9 Å². The molecule has 1 aromatic heterocycles. The summed E-state index contributed by atoms with van der Waals surface area (Å²) in [6, 6.07) is 24.0. The number of aromatic nitrogens is 2. The maximum atomic E-state index is 13.8. The Labute approximate surface area is 211 Å². The minimum absolute atomic E-state index is 0.00744. The summed E-state index contributed by atoms with van der Waals surface area (Å²) in [5.41, 5.74) is 8.08. The molecular formula is C29H29ClN4O. The molecule has 2 heterocycles. The molecule has 6 heteroatoms. The normalized spacial score (nSPS) is 13.8. The van der Waals surface area contributed by atoms with Crippen molar-refractivity contribution in [2.75, 3.05) is 31.1 Å². The number of aryl methyl sites for hydroxylation is 3. The lowest BCUT2D eigenvalue weighted by atomic mass is 10.0. The molecule has 0 N–H and O–H groups in total. The Morgan fingerprint density at radius 2 is 1.51 bits per heavy atom. The van der Waals surface area contributed by atoms with Gasteiger partial charge in [-0.15, -0.1) is 0 Å². The van der Waals surface area contributed by atoms with E-state index in [1.54, 1.807) is 4.68 Å². The van der Waals surface area contributed by atoms with E-state index in [0.29, 0.717) is 23.8 Å². The fourth-order valence-electron chi connectivity index (χ4n) is 4.59. The van der Waals surface area contributed by atoms with Crippen molar-refractivity contribution in [2.24, 2.45) is 0 Å². The third-order valence-corrected chi connectivity index (χ3v) is 7.08. The molecule has 0 unspecified atom stereocenters. The van der Waals surface area contributed by atoms with Gasteiger partial charge in [-0.25, -0.2) is 4.68 Å². The van der Waals surface area contributed by atoms with Crippen LogP contribution in [-0.4, -0.2) is 46.8 Å². The van der Waals surface area contributed by atoms with Gasteiger partial charge < -0.3 is 9.80 Å². The molecule has 5 nitrogen and oxygen atoms in total. The molecule has 1 amide bonds. The zero-order chi connectivity index (χ0) is 24.5. The third-order valence-electron chi connectivity index (χ3n) is 6.83. The molecule has 3 aromatic carbocycles. The van der Waals surface area contributed by atoms with Gasteiger partial charge in [0.25, 0.3) is 5.91 Å². The zero-order valence-corrected chi connectivity index (χ0v) is 21.1. The lowest BCUT2D eigenvalue weighted by Crippen LogP contribution is -2.49. The van der Waals surface area contributed by atoms with Crippen LogP contribution in [0.15, 0.2) is 72.8 Å². The van der Waals surface area contributed by atoms with Gasteiger partial charge in [-0.2, -0.15) is 5.10 Å². The fraction of sp³-hybridized carbons (Fsp3) is 0.241. The average Bonchev–Trinajstić information content (AvgIpc) is 3.32. The SMILES string of the molecule is Cc1ccc(-c2cc(C(=O)N3CCN(c4ccccc4C)CC3)n(-c3ccc(Cl)cc3)n2)cc1C. The van der Waals surface area contributed by atoms with Gasteiger partial charge in [-0.1, -0.05) is 41.9 Å². The summed E-state index contributed by atoms with van der Waals surface area (Å²) in [6.07, 6.45) is 0. The standard InChI is InChI=1S/C29H29ClN4O/c1-20-8-9-23(18-22(20)3)26-19-28(34(31-26)25-12-10-24(30)11-13-25)29(35)33-16-14-32(15-17-33)27-7-5-4-6-21(27)2/h4-13,18-19H,14-17H2,1-3H3. The van der Waals surface area contributed by atoms with Crippen LogP contribution in [0.5, 0.6) is 0 Å². The Bertz CT molecular complexity index is 1370. The van der Waals surface area contributed by atoms with Gasteiger partial charge in [0.05, 0.1) is 11.4 Å². The predicted molar refractivity (Wildman–Crippen MR) is 143 cm³/mol. The van der Waals surface area contributed by atoms with Crippen molar-refractivity contribution < 1.29 is 4.79 Å². The van der Waals surface area contributed by atoms with Crippen LogP contribution >= 0.6 is 11.6 Å². The predicted octanol–water partition coefficient (Wildman–Crippen LogP) is 6.08. The minimum atomic E-state index is -0.00744. The average molecular weight is 485 g/mol. The molecule has 5 rings (SSSR count). The number of carbonyl (C=O) groups excluding carboxylic acids is 1. The number of halogens is 1. The number of rotatable bonds is 4. The summed E-state index contributed by atoms with van der Waals surface area (Å²) in [5.74, 6) is -0.00744. The van der Waals surface area contributed by atoms with Gasteiger partial charge in [0.2, 0.25) is 0 Å². The molecule has 0 atom stereocenters. The van der Waals surface area contributed by atoms with Crippen LogP contribution in [0.3, 0.4) is 0 Å². The lowest BCUT2D eigenvalue weighted by molar-refractivity contribution is 0.0737. The fourth-order valence-corrected chi connectivity index (χ4v) is 4.71. The van der Waals surface area contributed by atoms with Crippen LogP contribution in [0.4, 0.5) is 5.69 Å². The van der Waals surface area contributed by atoms with Crippen molar-refractivity contribution in [3.63, 3.8) is 0 Å². The van der Waals surface area contributed by atoms with Gasteiger partial charge in [-0.05, 0) is 79.9 Å². The number of nitrogens with zero attached hydrogens (tertiary/aromatic N) is 4. The van der Waals surface area contributed by atoms with E-state index in [4.69, 9.17) is 16.7 Å². The molecule has 1 fully saturated rings. The highest BCUT2D eigenvalue weighted by Gasteiger charge is 2.27. The van der Waals surface area contributed by atoms with Crippen LogP contribution in [0.2, 0.25) is 5.02 Å².